The Hall–Kier alpha value is 0.0400. The van der Waals surface area contributed by atoms with Gasteiger partial charge in [0.1, 0.15) is 6.73 Å². The summed E-state index contributed by atoms with van der Waals surface area (Å²) in [5.41, 5.74) is 0. The summed E-state index contributed by atoms with van der Waals surface area (Å²) in [6.07, 6.45) is 0.105. The predicted molar refractivity (Wildman–Crippen MR) is 53.5 cm³/mol. The van der Waals surface area contributed by atoms with Gasteiger partial charge in [0.15, 0.2) is 10.3 Å². The molecule has 1 aromatic heterocycles. The van der Waals surface area contributed by atoms with Crippen LogP contribution in [0.25, 0.3) is 0 Å². The number of rotatable bonds is 3. The van der Waals surface area contributed by atoms with Gasteiger partial charge in [-0.1, -0.05) is 23.2 Å². The second-order valence-corrected chi connectivity index (χ2v) is 3.79. The number of nitrogens with zero attached hydrogens (tertiary/aromatic N) is 2. The SMILES string of the molecule is CC(C)OCn1c(Cl)nc(Cl)c1Cl. The summed E-state index contributed by atoms with van der Waals surface area (Å²) >= 11 is 17.2. The van der Waals surface area contributed by atoms with Crippen LogP contribution in [0.4, 0.5) is 0 Å². The first kappa shape index (κ1) is 11.1. The number of imidazole rings is 1. The van der Waals surface area contributed by atoms with Gasteiger partial charge in [0, 0.05) is 0 Å². The van der Waals surface area contributed by atoms with Gasteiger partial charge in [0.05, 0.1) is 6.10 Å². The van der Waals surface area contributed by atoms with E-state index < -0.39 is 0 Å². The van der Waals surface area contributed by atoms with E-state index in [0.717, 1.165) is 0 Å². The van der Waals surface area contributed by atoms with Crippen molar-refractivity contribution in [1.29, 1.82) is 0 Å². The summed E-state index contributed by atoms with van der Waals surface area (Å²) in [7, 11) is 0. The van der Waals surface area contributed by atoms with E-state index in [4.69, 9.17) is 39.5 Å². The maximum Gasteiger partial charge on any atom is 0.207 e. The quantitative estimate of drug-likeness (QED) is 0.815. The molecule has 6 heteroatoms. The molecular weight excluding hydrogens is 234 g/mol. The van der Waals surface area contributed by atoms with E-state index in [1.807, 2.05) is 13.8 Å². The van der Waals surface area contributed by atoms with Crippen molar-refractivity contribution in [2.75, 3.05) is 0 Å². The van der Waals surface area contributed by atoms with Crippen LogP contribution in [-0.4, -0.2) is 15.7 Å². The summed E-state index contributed by atoms with van der Waals surface area (Å²) in [6, 6.07) is 0. The highest BCUT2D eigenvalue weighted by atomic mass is 35.5. The third-order valence-electron chi connectivity index (χ3n) is 1.36. The van der Waals surface area contributed by atoms with Crippen LogP contribution in [0.15, 0.2) is 0 Å². The number of ether oxygens (including phenoxy) is 1. The van der Waals surface area contributed by atoms with Crippen LogP contribution >= 0.6 is 34.8 Å². The van der Waals surface area contributed by atoms with E-state index in [9.17, 15) is 0 Å². The highest BCUT2D eigenvalue weighted by molar-refractivity contribution is 6.41. The number of halogens is 3. The topological polar surface area (TPSA) is 27.1 Å². The Labute approximate surface area is 91.6 Å². The average molecular weight is 244 g/mol. The largest absolute Gasteiger partial charge is 0.358 e. The molecule has 13 heavy (non-hydrogen) atoms. The zero-order valence-corrected chi connectivity index (χ0v) is 9.49. The Morgan fingerprint density at radius 1 is 1.38 bits per heavy atom. The van der Waals surface area contributed by atoms with E-state index in [2.05, 4.69) is 4.98 Å². The summed E-state index contributed by atoms with van der Waals surface area (Å²) in [5.74, 6) is 0. The van der Waals surface area contributed by atoms with Crippen LogP contribution in [0.1, 0.15) is 13.8 Å². The van der Waals surface area contributed by atoms with Gasteiger partial charge in [-0.05, 0) is 25.4 Å². The lowest BCUT2D eigenvalue weighted by molar-refractivity contribution is 0.0289. The van der Waals surface area contributed by atoms with E-state index >= 15 is 0 Å². The monoisotopic (exact) mass is 242 g/mol. The summed E-state index contributed by atoms with van der Waals surface area (Å²) in [6.45, 7) is 4.09. The smallest absolute Gasteiger partial charge is 0.207 e. The van der Waals surface area contributed by atoms with Crippen LogP contribution in [0.3, 0.4) is 0 Å². The molecule has 1 aromatic rings. The van der Waals surface area contributed by atoms with Gasteiger partial charge in [-0.15, -0.1) is 0 Å². The van der Waals surface area contributed by atoms with Crippen molar-refractivity contribution in [2.24, 2.45) is 0 Å². The number of hydrogen-bond donors (Lipinski definition) is 0. The summed E-state index contributed by atoms with van der Waals surface area (Å²) in [5, 5.41) is 0.724. The maximum atomic E-state index is 5.80. The lowest BCUT2D eigenvalue weighted by Gasteiger charge is -2.09. The molecule has 0 fully saturated rings. The van der Waals surface area contributed by atoms with E-state index in [1.54, 1.807) is 0 Å². The lowest BCUT2D eigenvalue weighted by Crippen LogP contribution is -2.08. The van der Waals surface area contributed by atoms with Gasteiger partial charge < -0.3 is 4.74 Å². The molecule has 0 N–H and O–H groups in total. The van der Waals surface area contributed by atoms with Gasteiger partial charge in [-0.3, -0.25) is 4.57 Å². The van der Waals surface area contributed by atoms with Crippen molar-refractivity contribution >= 4 is 34.8 Å². The van der Waals surface area contributed by atoms with Gasteiger partial charge in [-0.2, -0.15) is 0 Å². The molecule has 0 saturated heterocycles. The molecule has 0 aliphatic heterocycles. The number of hydrogen-bond acceptors (Lipinski definition) is 2. The Balaban J connectivity index is 2.76. The standard InChI is InChI=1S/C7H9Cl3N2O/c1-4(2)13-3-12-6(9)5(8)11-7(12)10/h4H,3H2,1-2H3. The maximum absolute atomic E-state index is 5.80. The highest BCUT2D eigenvalue weighted by Crippen LogP contribution is 2.25. The molecule has 0 radical (unpaired) electrons. The normalized spacial score (nSPS) is 11.2. The molecule has 0 spiro atoms. The summed E-state index contributed by atoms with van der Waals surface area (Å²) in [4.78, 5) is 3.77. The molecule has 1 rings (SSSR count). The highest BCUT2D eigenvalue weighted by Gasteiger charge is 2.12. The molecule has 1 heterocycles. The molecule has 0 unspecified atom stereocenters. The molecule has 0 bridgehead atoms. The second kappa shape index (κ2) is 4.51. The Morgan fingerprint density at radius 2 is 2.00 bits per heavy atom. The zero-order chi connectivity index (χ0) is 10.0. The Morgan fingerprint density at radius 3 is 2.38 bits per heavy atom. The van der Waals surface area contributed by atoms with Gasteiger partial charge >= 0.3 is 0 Å². The van der Waals surface area contributed by atoms with Crippen LogP contribution in [0.5, 0.6) is 0 Å². The van der Waals surface area contributed by atoms with Crippen molar-refractivity contribution in [3.63, 3.8) is 0 Å². The first-order valence-corrected chi connectivity index (χ1v) is 4.84. The lowest BCUT2D eigenvalue weighted by atomic mass is 10.5. The molecule has 74 valence electrons. The molecule has 0 aromatic carbocycles. The van der Waals surface area contributed by atoms with E-state index in [-0.39, 0.29) is 23.3 Å². The first-order valence-electron chi connectivity index (χ1n) is 3.71. The zero-order valence-electron chi connectivity index (χ0n) is 7.22. The first-order chi connectivity index (χ1) is 6.02. The van der Waals surface area contributed by atoms with Crippen LogP contribution < -0.4 is 0 Å². The van der Waals surface area contributed by atoms with Crippen molar-refractivity contribution in [3.05, 3.63) is 15.6 Å². The van der Waals surface area contributed by atoms with Crippen molar-refractivity contribution in [3.8, 4) is 0 Å². The van der Waals surface area contributed by atoms with Crippen LogP contribution in [0.2, 0.25) is 15.6 Å². The number of aromatic nitrogens is 2. The molecule has 0 aliphatic rings. The van der Waals surface area contributed by atoms with E-state index in [1.165, 1.54) is 4.57 Å². The fourth-order valence-corrected chi connectivity index (χ4v) is 1.37. The second-order valence-electron chi connectivity index (χ2n) is 2.74. The van der Waals surface area contributed by atoms with Gasteiger partial charge in [-0.25, -0.2) is 4.98 Å². The fourth-order valence-electron chi connectivity index (χ4n) is 0.713. The minimum absolute atomic E-state index is 0.105. The fraction of sp³-hybridized carbons (Fsp3) is 0.571. The van der Waals surface area contributed by atoms with Crippen molar-refractivity contribution < 1.29 is 4.74 Å². The molecule has 0 amide bonds. The van der Waals surface area contributed by atoms with Crippen molar-refractivity contribution in [2.45, 2.75) is 26.7 Å². The van der Waals surface area contributed by atoms with Crippen molar-refractivity contribution in [1.82, 2.24) is 9.55 Å². The molecule has 0 aliphatic carbocycles. The van der Waals surface area contributed by atoms with Gasteiger partial charge in [0.2, 0.25) is 5.28 Å². The Bertz CT molecular complexity index is 298. The molecule has 0 saturated carbocycles. The Kier molecular flexibility index (Phi) is 3.86. The summed E-state index contributed by atoms with van der Waals surface area (Å²) < 4.78 is 6.79. The molecule has 3 nitrogen and oxygen atoms in total. The van der Waals surface area contributed by atoms with Crippen LogP contribution in [-0.2, 0) is 11.5 Å². The van der Waals surface area contributed by atoms with Crippen LogP contribution in [0, 0.1) is 0 Å². The third kappa shape index (κ3) is 2.74. The minimum Gasteiger partial charge on any atom is -0.358 e. The minimum atomic E-state index is 0.105. The predicted octanol–water partition coefficient (Wildman–Crippen LogP) is 3.23. The molecular formula is C7H9Cl3N2O. The van der Waals surface area contributed by atoms with Gasteiger partial charge in [0.25, 0.3) is 0 Å². The molecule has 0 atom stereocenters. The van der Waals surface area contributed by atoms with E-state index in [0.29, 0.717) is 5.15 Å². The average Bonchev–Trinajstić information content (AvgIpc) is 2.24. The third-order valence-corrected chi connectivity index (χ3v) is 2.39.